The van der Waals surface area contributed by atoms with Crippen molar-refractivity contribution in [3.8, 4) is 0 Å². The normalized spacial score (nSPS) is 24.9. The fraction of sp³-hybridized carbons (Fsp3) is 0.500. The maximum Gasteiger partial charge on any atom is 0.169 e. The predicted molar refractivity (Wildman–Crippen MR) is 72.2 cm³/mol. The van der Waals surface area contributed by atoms with Crippen molar-refractivity contribution >= 4 is 17.5 Å². The molecule has 1 fully saturated rings. The average Bonchev–Trinajstić information content (AvgIpc) is 2.43. The molecule has 2 aliphatic rings. The number of thioether (sulfide) groups is 1. The lowest BCUT2D eigenvalue weighted by atomic mass is 9.98. The van der Waals surface area contributed by atoms with E-state index in [9.17, 15) is 4.79 Å². The second-order valence-corrected chi connectivity index (χ2v) is 5.84. The molecule has 0 unspecified atom stereocenters. The lowest BCUT2D eigenvalue weighted by Gasteiger charge is -2.31. The predicted octanol–water partition coefficient (Wildman–Crippen LogP) is 1.92. The van der Waals surface area contributed by atoms with Gasteiger partial charge in [-0.2, -0.15) is 0 Å². The minimum absolute atomic E-state index is 0.142. The lowest BCUT2D eigenvalue weighted by molar-refractivity contribution is 0.0314. The van der Waals surface area contributed by atoms with Crippen molar-refractivity contribution in [3.05, 3.63) is 29.8 Å². The lowest BCUT2D eigenvalue weighted by Crippen LogP contribution is -2.42. The first kappa shape index (κ1) is 12.2. The van der Waals surface area contributed by atoms with E-state index in [0.717, 1.165) is 49.1 Å². The number of benzene rings is 1. The third-order valence-electron chi connectivity index (χ3n) is 3.55. The summed E-state index contributed by atoms with van der Waals surface area (Å²) in [6.45, 7) is 4.38. The van der Waals surface area contributed by atoms with E-state index in [4.69, 9.17) is 4.74 Å². The summed E-state index contributed by atoms with van der Waals surface area (Å²) >= 11 is 1.81. The first-order valence-electron chi connectivity index (χ1n) is 6.41. The van der Waals surface area contributed by atoms with Gasteiger partial charge in [0.05, 0.1) is 13.2 Å². The van der Waals surface area contributed by atoms with Gasteiger partial charge in [0.2, 0.25) is 0 Å². The number of morpholine rings is 1. The molecule has 0 amide bonds. The van der Waals surface area contributed by atoms with Crippen molar-refractivity contribution in [1.29, 1.82) is 0 Å². The third kappa shape index (κ3) is 2.46. The van der Waals surface area contributed by atoms with Crippen LogP contribution in [0.5, 0.6) is 0 Å². The van der Waals surface area contributed by atoms with Gasteiger partial charge in [-0.25, -0.2) is 0 Å². The van der Waals surface area contributed by atoms with Crippen LogP contribution in [-0.4, -0.2) is 49.3 Å². The minimum Gasteiger partial charge on any atom is -0.379 e. The molecule has 2 aliphatic heterocycles. The topological polar surface area (TPSA) is 29.5 Å². The van der Waals surface area contributed by atoms with Crippen LogP contribution in [0.15, 0.2) is 29.2 Å². The zero-order valence-electron chi connectivity index (χ0n) is 10.3. The van der Waals surface area contributed by atoms with Crippen molar-refractivity contribution in [2.75, 3.05) is 38.6 Å². The number of ketones is 1. The number of carbonyl (C=O) groups excluding carboxylic acids is 1. The molecule has 0 spiro atoms. The molecule has 0 aromatic heterocycles. The molecule has 0 radical (unpaired) electrons. The number of nitrogens with zero attached hydrogens (tertiary/aromatic N) is 1. The zero-order valence-corrected chi connectivity index (χ0v) is 11.1. The molecule has 18 heavy (non-hydrogen) atoms. The van der Waals surface area contributed by atoms with Gasteiger partial charge in [-0.1, -0.05) is 18.2 Å². The number of hydrogen-bond acceptors (Lipinski definition) is 4. The highest BCUT2D eigenvalue weighted by Gasteiger charge is 2.29. The first-order chi connectivity index (χ1) is 8.84. The highest BCUT2D eigenvalue weighted by molar-refractivity contribution is 7.99. The van der Waals surface area contributed by atoms with E-state index in [1.807, 2.05) is 36.0 Å². The van der Waals surface area contributed by atoms with Crippen LogP contribution in [0.4, 0.5) is 0 Å². The highest BCUT2D eigenvalue weighted by Crippen LogP contribution is 2.33. The third-order valence-corrected chi connectivity index (χ3v) is 4.78. The summed E-state index contributed by atoms with van der Waals surface area (Å²) < 4.78 is 5.34. The van der Waals surface area contributed by atoms with Crippen molar-refractivity contribution < 1.29 is 9.53 Å². The van der Waals surface area contributed by atoms with E-state index in [2.05, 4.69) is 4.90 Å². The second kappa shape index (κ2) is 5.43. The van der Waals surface area contributed by atoms with Crippen LogP contribution >= 0.6 is 11.8 Å². The molecular weight excluding hydrogens is 246 g/mol. The first-order valence-corrected chi connectivity index (χ1v) is 7.39. The molecule has 0 N–H and O–H groups in total. The fourth-order valence-corrected chi connectivity index (χ4v) is 3.65. The molecule has 3 nitrogen and oxygen atoms in total. The number of fused-ring (bicyclic) bond motifs is 1. The van der Waals surface area contributed by atoms with Gasteiger partial charge in [0.25, 0.3) is 0 Å². The summed E-state index contributed by atoms with van der Waals surface area (Å²) in [7, 11) is 0. The van der Waals surface area contributed by atoms with Crippen molar-refractivity contribution in [3.63, 3.8) is 0 Å². The SMILES string of the molecule is O=C1c2ccccc2SC[C@H]1CN1CCOCC1. The Balaban J connectivity index is 1.70. The van der Waals surface area contributed by atoms with Crippen LogP contribution in [0.1, 0.15) is 10.4 Å². The molecule has 96 valence electrons. The molecular formula is C14H17NO2S. The van der Waals surface area contributed by atoms with Crippen LogP contribution in [0, 0.1) is 5.92 Å². The van der Waals surface area contributed by atoms with Crippen LogP contribution in [0.3, 0.4) is 0 Å². The number of carbonyl (C=O) groups is 1. The van der Waals surface area contributed by atoms with E-state index < -0.39 is 0 Å². The van der Waals surface area contributed by atoms with Crippen molar-refractivity contribution in [1.82, 2.24) is 4.90 Å². The molecule has 1 aromatic carbocycles. The molecule has 1 aromatic rings. The Labute approximate surface area is 111 Å². The highest BCUT2D eigenvalue weighted by atomic mass is 32.2. The molecule has 0 aliphatic carbocycles. The summed E-state index contributed by atoms with van der Waals surface area (Å²) in [6, 6.07) is 7.95. The Kier molecular flexibility index (Phi) is 3.68. The van der Waals surface area contributed by atoms with Gasteiger partial charge in [-0.15, -0.1) is 11.8 Å². The minimum atomic E-state index is 0.142. The molecule has 3 rings (SSSR count). The molecule has 1 saturated heterocycles. The molecule has 4 heteroatoms. The fourth-order valence-electron chi connectivity index (χ4n) is 2.51. The number of Topliss-reactive ketones (excluding diaryl/α,β-unsaturated/α-hetero) is 1. The molecule has 1 atom stereocenters. The Morgan fingerprint density at radius 1 is 1.28 bits per heavy atom. The van der Waals surface area contributed by atoms with Gasteiger partial charge in [0.15, 0.2) is 5.78 Å². The van der Waals surface area contributed by atoms with Gasteiger partial charge < -0.3 is 4.74 Å². The summed E-state index contributed by atoms with van der Waals surface area (Å²) in [5, 5.41) is 0. The summed E-state index contributed by atoms with van der Waals surface area (Å²) in [6.07, 6.45) is 0. The van der Waals surface area contributed by atoms with Crippen molar-refractivity contribution in [2.24, 2.45) is 5.92 Å². The van der Waals surface area contributed by atoms with E-state index >= 15 is 0 Å². The van der Waals surface area contributed by atoms with E-state index in [1.165, 1.54) is 0 Å². The standard InChI is InChI=1S/C14H17NO2S/c16-14-11(9-15-5-7-17-8-6-15)10-18-13-4-2-1-3-12(13)14/h1-4,11H,5-10H2/t11-/m1/s1. The van der Waals surface area contributed by atoms with Gasteiger partial charge in [0.1, 0.15) is 0 Å². The summed E-state index contributed by atoms with van der Waals surface area (Å²) in [5.41, 5.74) is 0.909. The molecule has 0 saturated carbocycles. The zero-order chi connectivity index (χ0) is 12.4. The van der Waals surface area contributed by atoms with E-state index in [1.54, 1.807) is 0 Å². The molecule has 0 bridgehead atoms. The van der Waals surface area contributed by atoms with Crippen LogP contribution in [0.25, 0.3) is 0 Å². The summed E-state index contributed by atoms with van der Waals surface area (Å²) in [5.74, 6) is 1.37. The van der Waals surface area contributed by atoms with E-state index in [0.29, 0.717) is 5.78 Å². The van der Waals surface area contributed by atoms with E-state index in [-0.39, 0.29) is 5.92 Å². The number of ether oxygens (including phenoxy) is 1. The van der Waals surface area contributed by atoms with Gasteiger partial charge in [-0.3, -0.25) is 9.69 Å². The second-order valence-electron chi connectivity index (χ2n) is 4.78. The molecule has 2 heterocycles. The Morgan fingerprint density at radius 2 is 2.06 bits per heavy atom. The van der Waals surface area contributed by atoms with Gasteiger partial charge in [0, 0.05) is 41.8 Å². The smallest absolute Gasteiger partial charge is 0.169 e. The van der Waals surface area contributed by atoms with Crippen LogP contribution in [0.2, 0.25) is 0 Å². The monoisotopic (exact) mass is 263 g/mol. The van der Waals surface area contributed by atoms with Crippen LogP contribution < -0.4 is 0 Å². The van der Waals surface area contributed by atoms with Gasteiger partial charge >= 0.3 is 0 Å². The quantitative estimate of drug-likeness (QED) is 0.815. The Morgan fingerprint density at radius 3 is 2.89 bits per heavy atom. The van der Waals surface area contributed by atoms with Gasteiger partial charge in [-0.05, 0) is 6.07 Å². The van der Waals surface area contributed by atoms with Crippen LogP contribution in [-0.2, 0) is 4.74 Å². The average molecular weight is 263 g/mol. The van der Waals surface area contributed by atoms with Crippen molar-refractivity contribution in [2.45, 2.75) is 4.90 Å². The number of hydrogen-bond donors (Lipinski definition) is 0. The number of rotatable bonds is 2. The summed E-state index contributed by atoms with van der Waals surface area (Å²) in [4.78, 5) is 15.9. The maximum atomic E-state index is 12.4. The largest absolute Gasteiger partial charge is 0.379 e. The Bertz CT molecular complexity index is 443. The maximum absolute atomic E-state index is 12.4. The Hall–Kier alpha value is -0.840.